The van der Waals surface area contributed by atoms with Gasteiger partial charge in [0, 0.05) is 18.1 Å². The zero-order valence-corrected chi connectivity index (χ0v) is 10.6. The summed E-state index contributed by atoms with van der Waals surface area (Å²) in [4.78, 5) is 2.66. The summed E-state index contributed by atoms with van der Waals surface area (Å²) in [5.41, 5.74) is 0. The first-order chi connectivity index (χ1) is 8.36. The molecule has 2 saturated heterocycles. The van der Waals surface area contributed by atoms with Gasteiger partial charge < -0.3 is 10.2 Å². The minimum Gasteiger partial charge on any atom is -0.310 e. The van der Waals surface area contributed by atoms with Crippen LogP contribution in [0.3, 0.4) is 0 Å². The molecule has 3 heteroatoms. The average Bonchev–Trinajstić information content (AvgIpc) is 2.96. The van der Waals surface area contributed by atoms with Gasteiger partial charge in [-0.1, -0.05) is 6.42 Å². The molecule has 0 amide bonds. The molecule has 17 heavy (non-hydrogen) atoms. The lowest BCUT2D eigenvalue weighted by Crippen LogP contribution is -2.49. The Balaban J connectivity index is 1.54. The molecule has 0 radical (unpaired) electrons. The van der Waals surface area contributed by atoms with E-state index in [-0.39, 0.29) is 5.92 Å². The maximum atomic E-state index is 9.12. The molecule has 3 aliphatic rings. The van der Waals surface area contributed by atoms with Crippen molar-refractivity contribution in [3.05, 3.63) is 0 Å². The summed E-state index contributed by atoms with van der Waals surface area (Å²) < 4.78 is 0. The SMILES string of the molecule is N#CC1CCCC1NC1CCN2CCCC2C1. The fraction of sp³-hybridized carbons (Fsp3) is 0.929. The molecule has 1 N–H and O–H groups in total. The van der Waals surface area contributed by atoms with Gasteiger partial charge in [0.1, 0.15) is 0 Å². The van der Waals surface area contributed by atoms with Crippen molar-refractivity contribution in [1.29, 1.82) is 5.26 Å². The van der Waals surface area contributed by atoms with Gasteiger partial charge in [-0.2, -0.15) is 5.26 Å². The van der Waals surface area contributed by atoms with E-state index in [9.17, 15) is 0 Å². The molecule has 0 spiro atoms. The van der Waals surface area contributed by atoms with E-state index in [4.69, 9.17) is 5.26 Å². The van der Waals surface area contributed by atoms with Crippen molar-refractivity contribution in [2.45, 2.75) is 63.1 Å². The zero-order chi connectivity index (χ0) is 11.7. The van der Waals surface area contributed by atoms with Crippen LogP contribution in [0.25, 0.3) is 0 Å². The zero-order valence-electron chi connectivity index (χ0n) is 10.6. The first-order valence-electron chi connectivity index (χ1n) is 7.26. The Hall–Kier alpha value is -0.590. The Morgan fingerprint density at radius 2 is 2.00 bits per heavy atom. The van der Waals surface area contributed by atoms with Crippen LogP contribution in [-0.4, -0.2) is 36.1 Å². The van der Waals surface area contributed by atoms with Crippen molar-refractivity contribution in [2.75, 3.05) is 13.1 Å². The van der Waals surface area contributed by atoms with Crippen LogP contribution in [0.1, 0.15) is 44.9 Å². The number of nitrogens with one attached hydrogen (secondary N) is 1. The Bertz CT molecular complexity index is 309. The van der Waals surface area contributed by atoms with Crippen LogP contribution in [0, 0.1) is 17.2 Å². The van der Waals surface area contributed by atoms with E-state index in [1.807, 2.05) is 0 Å². The Morgan fingerprint density at radius 1 is 1.06 bits per heavy atom. The summed E-state index contributed by atoms with van der Waals surface area (Å²) in [5.74, 6) is 0.275. The third-order valence-corrected chi connectivity index (χ3v) is 4.95. The molecule has 3 nitrogen and oxygen atoms in total. The summed E-state index contributed by atoms with van der Waals surface area (Å²) >= 11 is 0. The Kier molecular flexibility index (Phi) is 3.35. The lowest BCUT2D eigenvalue weighted by atomic mass is 9.95. The molecule has 4 atom stereocenters. The van der Waals surface area contributed by atoms with Crippen molar-refractivity contribution in [2.24, 2.45) is 5.92 Å². The second kappa shape index (κ2) is 4.96. The van der Waals surface area contributed by atoms with Crippen LogP contribution < -0.4 is 5.32 Å². The number of hydrogen-bond donors (Lipinski definition) is 1. The highest BCUT2D eigenvalue weighted by Gasteiger charge is 2.34. The largest absolute Gasteiger partial charge is 0.310 e. The van der Waals surface area contributed by atoms with E-state index >= 15 is 0 Å². The third kappa shape index (κ3) is 2.34. The lowest BCUT2D eigenvalue weighted by molar-refractivity contribution is 0.159. The van der Waals surface area contributed by atoms with E-state index in [0.29, 0.717) is 12.1 Å². The van der Waals surface area contributed by atoms with Crippen molar-refractivity contribution >= 4 is 0 Å². The van der Waals surface area contributed by atoms with Crippen molar-refractivity contribution in [1.82, 2.24) is 10.2 Å². The van der Waals surface area contributed by atoms with Crippen molar-refractivity contribution < 1.29 is 0 Å². The molecule has 3 rings (SSSR count). The number of fused-ring (bicyclic) bond motifs is 1. The molecule has 1 aliphatic carbocycles. The summed E-state index contributed by atoms with van der Waals surface area (Å²) in [5, 5.41) is 12.9. The van der Waals surface area contributed by atoms with Crippen molar-refractivity contribution in [3.63, 3.8) is 0 Å². The van der Waals surface area contributed by atoms with Crippen LogP contribution in [0.4, 0.5) is 0 Å². The van der Waals surface area contributed by atoms with E-state index < -0.39 is 0 Å². The summed E-state index contributed by atoms with van der Waals surface area (Å²) in [6.45, 7) is 2.59. The molecular weight excluding hydrogens is 210 g/mol. The monoisotopic (exact) mass is 233 g/mol. The van der Waals surface area contributed by atoms with Crippen molar-refractivity contribution in [3.8, 4) is 6.07 Å². The third-order valence-electron chi connectivity index (χ3n) is 4.95. The maximum Gasteiger partial charge on any atom is 0.0672 e. The van der Waals surface area contributed by atoms with Crippen LogP contribution in [-0.2, 0) is 0 Å². The van der Waals surface area contributed by atoms with Gasteiger partial charge in [-0.15, -0.1) is 0 Å². The quantitative estimate of drug-likeness (QED) is 0.791. The van der Waals surface area contributed by atoms with Crippen LogP contribution in [0.2, 0.25) is 0 Å². The molecule has 2 heterocycles. The van der Waals surface area contributed by atoms with Gasteiger partial charge in [-0.05, 0) is 51.6 Å². The summed E-state index contributed by atoms with van der Waals surface area (Å²) in [6.07, 6.45) is 8.93. The second-order valence-corrected chi connectivity index (χ2v) is 5.99. The van der Waals surface area contributed by atoms with Crippen LogP contribution in [0.15, 0.2) is 0 Å². The van der Waals surface area contributed by atoms with Gasteiger partial charge in [0.15, 0.2) is 0 Å². The van der Waals surface area contributed by atoms with Gasteiger partial charge in [-0.3, -0.25) is 0 Å². The number of hydrogen-bond acceptors (Lipinski definition) is 3. The van der Waals surface area contributed by atoms with E-state index in [1.54, 1.807) is 0 Å². The molecule has 94 valence electrons. The molecule has 0 aromatic carbocycles. The number of rotatable bonds is 2. The minimum atomic E-state index is 0.275. The topological polar surface area (TPSA) is 39.1 Å². The molecule has 3 fully saturated rings. The Labute approximate surface area is 104 Å². The number of nitrogens with zero attached hydrogens (tertiary/aromatic N) is 2. The first kappa shape index (κ1) is 11.5. The molecule has 0 bridgehead atoms. The van der Waals surface area contributed by atoms with E-state index in [1.165, 1.54) is 51.6 Å². The molecule has 0 aromatic heterocycles. The van der Waals surface area contributed by atoms with Gasteiger partial charge >= 0.3 is 0 Å². The fourth-order valence-electron chi connectivity index (χ4n) is 3.99. The number of piperidine rings is 1. The molecule has 2 aliphatic heterocycles. The van der Waals surface area contributed by atoms with Gasteiger partial charge in [-0.25, -0.2) is 0 Å². The molecule has 1 saturated carbocycles. The molecular formula is C14H23N3. The van der Waals surface area contributed by atoms with Crippen LogP contribution in [0.5, 0.6) is 0 Å². The maximum absolute atomic E-state index is 9.12. The highest BCUT2D eigenvalue weighted by atomic mass is 15.2. The highest BCUT2D eigenvalue weighted by Crippen LogP contribution is 2.30. The van der Waals surface area contributed by atoms with E-state index in [0.717, 1.165) is 12.5 Å². The highest BCUT2D eigenvalue weighted by molar-refractivity contribution is 4.99. The summed E-state index contributed by atoms with van der Waals surface area (Å²) in [6, 6.07) is 4.47. The predicted molar refractivity (Wildman–Crippen MR) is 67.5 cm³/mol. The average molecular weight is 233 g/mol. The number of nitriles is 1. The molecule has 0 aromatic rings. The van der Waals surface area contributed by atoms with Gasteiger partial charge in [0.2, 0.25) is 0 Å². The van der Waals surface area contributed by atoms with Gasteiger partial charge in [0.25, 0.3) is 0 Å². The Morgan fingerprint density at radius 3 is 2.88 bits per heavy atom. The first-order valence-corrected chi connectivity index (χ1v) is 7.26. The standard InChI is InChI=1S/C14H23N3/c15-10-11-3-1-5-14(11)16-12-6-8-17-7-2-4-13(17)9-12/h11-14,16H,1-9H2. The van der Waals surface area contributed by atoms with E-state index in [2.05, 4.69) is 16.3 Å². The normalized spacial score (nSPS) is 42.3. The second-order valence-electron chi connectivity index (χ2n) is 5.99. The van der Waals surface area contributed by atoms with Crippen LogP contribution >= 0.6 is 0 Å². The molecule has 4 unspecified atom stereocenters. The smallest absolute Gasteiger partial charge is 0.0672 e. The predicted octanol–water partition coefficient (Wildman–Crippen LogP) is 1.90. The minimum absolute atomic E-state index is 0.275. The van der Waals surface area contributed by atoms with Gasteiger partial charge in [0.05, 0.1) is 12.0 Å². The fourth-order valence-corrected chi connectivity index (χ4v) is 3.99. The summed E-state index contributed by atoms with van der Waals surface area (Å²) in [7, 11) is 0. The lowest BCUT2D eigenvalue weighted by Gasteiger charge is -2.37.